The number of halogens is 1. The number of nitrogens with one attached hydrogen (secondary N) is 1. The third kappa shape index (κ3) is 2.64. The number of hydrogen-bond acceptors (Lipinski definition) is 1. The van der Waals surface area contributed by atoms with Gasteiger partial charge in [0, 0.05) is 16.1 Å². The smallest absolute Gasteiger partial charge is 0.227 e. The Morgan fingerprint density at radius 1 is 1.31 bits per heavy atom. The van der Waals surface area contributed by atoms with E-state index in [-0.39, 0.29) is 11.8 Å². The van der Waals surface area contributed by atoms with Gasteiger partial charge in [0.1, 0.15) is 0 Å². The van der Waals surface area contributed by atoms with Gasteiger partial charge in [-0.25, -0.2) is 0 Å². The van der Waals surface area contributed by atoms with Crippen molar-refractivity contribution >= 4 is 27.5 Å². The Bertz CT molecular complexity index is 374. The van der Waals surface area contributed by atoms with Gasteiger partial charge in [0.15, 0.2) is 0 Å². The van der Waals surface area contributed by atoms with E-state index in [1.165, 1.54) is 12.8 Å². The van der Waals surface area contributed by atoms with E-state index in [1.807, 2.05) is 24.3 Å². The van der Waals surface area contributed by atoms with Crippen molar-refractivity contribution in [3.05, 3.63) is 28.7 Å². The molecule has 3 heteroatoms. The molecule has 2 nitrogen and oxygen atoms in total. The quantitative estimate of drug-likeness (QED) is 0.877. The minimum atomic E-state index is 0.173. The van der Waals surface area contributed by atoms with Crippen molar-refractivity contribution in [1.82, 2.24) is 0 Å². The molecule has 0 heterocycles. The Morgan fingerprint density at radius 3 is 2.56 bits per heavy atom. The fourth-order valence-corrected chi connectivity index (χ4v) is 2.57. The summed E-state index contributed by atoms with van der Waals surface area (Å²) in [7, 11) is 0. The highest BCUT2D eigenvalue weighted by Crippen LogP contribution is 2.32. The minimum absolute atomic E-state index is 0.173. The van der Waals surface area contributed by atoms with E-state index < -0.39 is 0 Å². The van der Waals surface area contributed by atoms with Gasteiger partial charge < -0.3 is 5.32 Å². The van der Waals surface area contributed by atoms with Crippen molar-refractivity contribution in [3.63, 3.8) is 0 Å². The molecule has 1 N–H and O–H groups in total. The molecule has 1 aromatic rings. The van der Waals surface area contributed by atoms with Gasteiger partial charge in [0.05, 0.1) is 0 Å². The van der Waals surface area contributed by atoms with E-state index in [4.69, 9.17) is 0 Å². The van der Waals surface area contributed by atoms with Crippen molar-refractivity contribution in [3.8, 4) is 0 Å². The van der Waals surface area contributed by atoms with Crippen LogP contribution in [0.15, 0.2) is 28.7 Å². The van der Waals surface area contributed by atoms with E-state index in [0.29, 0.717) is 5.92 Å². The molecule has 0 saturated heterocycles. The molecule has 0 aliphatic heterocycles. The second-order valence-electron chi connectivity index (χ2n) is 4.51. The highest BCUT2D eigenvalue weighted by Gasteiger charge is 2.29. The molecule has 0 bridgehead atoms. The second-order valence-corrected chi connectivity index (χ2v) is 5.43. The molecule has 1 amide bonds. The second kappa shape index (κ2) is 5.00. The Morgan fingerprint density at radius 2 is 2.00 bits per heavy atom. The number of amides is 1. The van der Waals surface area contributed by atoms with Crippen molar-refractivity contribution in [2.24, 2.45) is 11.8 Å². The molecule has 1 fully saturated rings. The molecule has 1 aliphatic rings. The molecular formula is C13H16BrNO. The van der Waals surface area contributed by atoms with Crippen LogP contribution in [0.4, 0.5) is 5.69 Å². The number of anilines is 1. The van der Waals surface area contributed by atoms with Crippen LogP contribution in [0, 0.1) is 11.8 Å². The fraction of sp³-hybridized carbons (Fsp3) is 0.462. The summed E-state index contributed by atoms with van der Waals surface area (Å²) in [6.45, 7) is 2.17. The predicted octanol–water partition coefficient (Wildman–Crippen LogP) is 3.82. The van der Waals surface area contributed by atoms with E-state index in [0.717, 1.165) is 16.6 Å². The molecule has 0 spiro atoms. The van der Waals surface area contributed by atoms with Crippen LogP contribution < -0.4 is 5.32 Å². The Labute approximate surface area is 105 Å². The highest BCUT2D eigenvalue weighted by molar-refractivity contribution is 9.10. The lowest BCUT2D eigenvalue weighted by molar-refractivity contribution is -0.120. The molecule has 16 heavy (non-hydrogen) atoms. The molecule has 2 unspecified atom stereocenters. The largest absolute Gasteiger partial charge is 0.326 e. The number of rotatable bonds is 2. The van der Waals surface area contributed by atoms with Gasteiger partial charge in [-0.15, -0.1) is 0 Å². The third-order valence-electron chi connectivity index (χ3n) is 3.31. The number of carbonyl (C=O) groups is 1. The maximum Gasteiger partial charge on any atom is 0.227 e. The normalized spacial score (nSPS) is 24.4. The van der Waals surface area contributed by atoms with Crippen LogP contribution in [-0.2, 0) is 4.79 Å². The van der Waals surface area contributed by atoms with Gasteiger partial charge in [0.25, 0.3) is 0 Å². The Balaban J connectivity index is 1.99. The van der Waals surface area contributed by atoms with Gasteiger partial charge in [0.2, 0.25) is 5.91 Å². The van der Waals surface area contributed by atoms with E-state index in [1.54, 1.807) is 0 Å². The Kier molecular flexibility index (Phi) is 3.64. The predicted molar refractivity (Wildman–Crippen MR) is 69.3 cm³/mol. The minimum Gasteiger partial charge on any atom is -0.326 e. The monoisotopic (exact) mass is 281 g/mol. The average molecular weight is 282 g/mol. The Hall–Kier alpha value is -0.830. The van der Waals surface area contributed by atoms with Crippen molar-refractivity contribution < 1.29 is 4.79 Å². The molecule has 86 valence electrons. The standard InChI is InChI=1S/C13H16BrNO/c1-9-3-2-4-12(9)13(16)15-11-7-5-10(14)6-8-11/h5-9,12H,2-4H2,1H3,(H,15,16). The summed E-state index contributed by atoms with van der Waals surface area (Å²) in [5.74, 6) is 0.895. The fourth-order valence-electron chi connectivity index (χ4n) is 2.30. The first-order chi connectivity index (χ1) is 7.66. The molecular weight excluding hydrogens is 266 g/mol. The SMILES string of the molecule is CC1CCCC1C(=O)Nc1ccc(Br)cc1. The number of carbonyl (C=O) groups excluding carboxylic acids is 1. The van der Waals surface area contributed by atoms with E-state index in [2.05, 4.69) is 28.2 Å². The van der Waals surface area contributed by atoms with Crippen LogP contribution in [0.2, 0.25) is 0 Å². The summed E-state index contributed by atoms with van der Waals surface area (Å²) in [5, 5.41) is 2.98. The molecule has 0 aromatic heterocycles. The number of hydrogen-bond donors (Lipinski definition) is 1. The maximum absolute atomic E-state index is 12.0. The van der Waals surface area contributed by atoms with Gasteiger partial charge in [-0.2, -0.15) is 0 Å². The maximum atomic E-state index is 12.0. The lowest BCUT2D eigenvalue weighted by Gasteiger charge is -2.15. The summed E-state index contributed by atoms with van der Waals surface area (Å²) >= 11 is 3.37. The first-order valence-corrected chi connectivity index (χ1v) is 6.52. The summed E-state index contributed by atoms with van der Waals surface area (Å²) in [4.78, 5) is 12.0. The average Bonchev–Trinajstić information content (AvgIpc) is 2.68. The lowest BCUT2D eigenvalue weighted by atomic mass is 9.97. The molecule has 2 atom stereocenters. The van der Waals surface area contributed by atoms with Crippen LogP contribution in [-0.4, -0.2) is 5.91 Å². The van der Waals surface area contributed by atoms with E-state index in [9.17, 15) is 4.79 Å². The first-order valence-electron chi connectivity index (χ1n) is 5.73. The van der Waals surface area contributed by atoms with Crippen LogP contribution in [0.3, 0.4) is 0 Å². The van der Waals surface area contributed by atoms with Crippen molar-refractivity contribution in [1.29, 1.82) is 0 Å². The van der Waals surface area contributed by atoms with Crippen LogP contribution in [0.25, 0.3) is 0 Å². The molecule has 0 radical (unpaired) electrons. The van der Waals surface area contributed by atoms with Gasteiger partial charge >= 0.3 is 0 Å². The molecule has 1 aromatic carbocycles. The van der Waals surface area contributed by atoms with Crippen LogP contribution >= 0.6 is 15.9 Å². The zero-order valence-corrected chi connectivity index (χ0v) is 11.0. The van der Waals surface area contributed by atoms with Crippen LogP contribution in [0.1, 0.15) is 26.2 Å². The molecule has 2 rings (SSSR count). The summed E-state index contributed by atoms with van der Waals surface area (Å²) < 4.78 is 1.03. The van der Waals surface area contributed by atoms with Gasteiger partial charge in [-0.1, -0.05) is 29.3 Å². The topological polar surface area (TPSA) is 29.1 Å². The first kappa shape index (κ1) is 11.6. The van der Waals surface area contributed by atoms with Crippen LogP contribution in [0.5, 0.6) is 0 Å². The van der Waals surface area contributed by atoms with Crippen molar-refractivity contribution in [2.45, 2.75) is 26.2 Å². The summed E-state index contributed by atoms with van der Waals surface area (Å²) in [6, 6.07) is 7.71. The van der Waals surface area contributed by atoms with E-state index >= 15 is 0 Å². The zero-order chi connectivity index (χ0) is 11.5. The molecule has 1 saturated carbocycles. The summed E-state index contributed by atoms with van der Waals surface area (Å²) in [6.07, 6.45) is 3.39. The zero-order valence-electron chi connectivity index (χ0n) is 9.37. The van der Waals surface area contributed by atoms with Crippen molar-refractivity contribution in [2.75, 3.05) is 5.32 Å². The highest BCUT2D eigenvalue weighted by atomic mass is 79.9. The molecule has 1 aliphatic carbocycles. The summed E-state index contributed by atoms with van der Waals surface area (Å²) in [5.41, 5.74) is 0.882. The third-order valence-corrected chi connectivity index (χ3v) is 3.84. The number of benzene rings is 1. The van der Waals surface area contributed by atoms with Gasteiger partial charge in [-0.05, 0) is 43.0 Å². The lowest BCUT2D eigenvalue weighted by Crippen LogP contribution is -2.24. The van der Waals surface area contributed by atoms with Gasteiger partial charge in [-0.3, -0.25) is 4.79 Å².